The third-order valence-electron chi connectivity index (χ3n) is 4.19. The number of hydrogen-bond acceptors (Lipinski definition) is 6. The Hall–Kier alpha value is -1.63. The van der Waals surface area contributed by atoms with E-state index in [1.165, 1.54) is 0 Å². The number of rotatable bonds is 5. The average Bonchev–Trinajstić information content (AvgIpc) is 3.04. The van der Waals surface area contributed by atoms with E-state index in [0.29, 0.717) is 0 Å². The Kier molecular flexibility index (Phi) is 5.15. The number of nitrogens with zero attached hydrogens (tertiary/aromatic N) is 3. The fraction of sp³-hybridized carbons (Fsp3) is 0.471. The van der Waals surface area contributed by atoms with Crippen LogP contribution < -0.4 is 9.47 Å². The number of thiazole rings is 1. The molecule has 0 aliphatic carbocycles. The van der Waals surface area contributed by atoms with Crippen LogP contribution in [0.3, 0.4) is 0 Å². The Bertz CT molecular complexity index is 651. The van der Waals surface area contributed by atoms with Gasteiger partial charge in [-0.15, -0.1) is 11.3 Å². The quantitative estimate of drug-likeness (QED) is 0.841. The molecule has 1 saturated heterocycles. The molecule has 5 nitrogen and oxygen atoms in total. The molecule has 0 saturated carbocycles. The van der Waals surface area contributed by atoms with E-state index in [2.05, 4.69) is 22.2 Å². The van der Waals surface area contributed by atoms with Crippen LogP contribution in [0.15, 0.2) is 23.6 Å². The van der Waals surface area contributed by atoms with Gasteiger partial charge in [0.25, 0.3) is 0 Å². The molecule has 124 valence electrons. The molecule has 0 bridgehead atoms. The molecule has 1 fully saturated rings. The summed E-state index contributed by atoms with van der Waals surface area (Å²) >= 11 is 1.71. The summed E-state index contributed by atoms with van der Waals surface area (Å²) in [5, 5.41) is 3.26. The third kappa shape index (κ3) is 3.83. The molecular weight excluding hydrogens is 310 g/mol. The first-order valence-electron chi connectivity index (χ1n) is 7.77. The molecule has 1 aromatic carbocycles. The smallest absolute Gasteiger partial charge is 0.131 e. The first kappa shape index (κ1) is 16.2. The molecule has 0 spiro atoms. The first-order chi connectivity index (χ1) is 11.2. The second-order valence-corrected chi connectivity index (χ2v) is 6.71. The largest absolute Gasteiger partial charge is 0.497 e. The summed E-state index contributed by atoms with van der Waals surface area (Å²) in [5.41, 5.74) is 1.98. The van der Waals surface area contributed by atoms with Gasteiger partial charge in [0.1, 0.15) is 16.5 Å². The van der Waals surface area contributed by atoms with Gasteiger partial charge in [0.2, 0.25) is 0 Å². The lowest BCUT2D eigenvalue weighted by Gasteiger charge is -2.31. The van der Waals surface area contributed by atoms with Gasteiger partial charge in [0.05, 0.1) is 26.5 Å². The summed E-state index contributed by atoms with van der Waals surface area (Å²) in [7, 11) is 5.51. The van der Waals surface area contributed by atoms with Gasteiger partial charge in [-0.1, -0.05) is 0 Å². The Labute approximate surface area is 141 Å². The molecule has 0 atom stereocenters. The molecule has 0 amide bonds. The van der Waals surface area contributed by atoms with Crippen LogP contribution in [0.5, 0.6) is 11.5 Å². The Balaban J connectivity index is 1.74. The molecule has 6 heteroatoms. The number of methoxy groups -OCH3 is 2. The molecule has 2 heterocycles. The second kappa shape index (κ2) is 7.29. The standard InChI is InChI=1S/C17H23N3O2S/c1-19-6-8-20(9-7-19)11-17-18-15(12-23-17)14-5-4-13(21-2)10-16(14)22-3/h4-5,10,12H,6-9,11H2,1-3H3. The lowest BCUT2D eigenvalue weighted by Crippen LogP contribution is -2.43. The van der Waals surface area contributed by atoms with Gasteiger partial charge < -0.3 is 14.4 Å². The number of piperazine rings is 1. The van der Waals surface area contributed by atoms with Crippen molar-refractivity contribution < 1.29 is 9.47 Å². The molecule has 0 N–H and O–H groups in total. The van der Waals surface area contributed by atoms with Gasteiger partial charge in [0, 0.05) is 43.2 Å². The normalized spacial score (nSPS) is 16.5. The summed E-state index contributed by atoms with van der Waals surface area (Å²) in [6, 6.07) is 5.85. The third-order valence-corrected chi connectivity index (χ3v) is 5.02. The monoisotopic (exact) mass is 333 g/mol. The van der Waals surface area contributed by atoms with Gasteiger partial charge in [-0.2, -0.15) is 0 Å². The Morgan fingerprint density at radius 2 is 1.91 bits per heavy atom. The van der Waals surface area contributed by atoms with Crippen molar-refractivity contribution in [2.75, 3.05) is 47.4 Å². The van der Waals surface area contributed by atoms with Crippen LogP contribution in [-0.4, -0.2) is 62.2 Å². The maximum atomic E-state index is 5.48. The van der Waals surface area contributed by atoms with E-state index in [1.807, 2.05) is 18.2 Å². The molecular formula is C17H23N3O2S. The maximum Gasteiger partial charge on any atom is 0.131 e. The van der Waals surface area contributed by atoms with E-state index < -0.39 is 0 Å². The van der Waals surface area contributed by atoms with Crippen molar-refractivity contribution in [1.29, 1.82) is 0 Å². The zero-order valence-electron chi connectivity index (χ0n) is 13.9. The minimum Gasteiger partial charge on any atom is -0.497 e. The van der Waals surface area contributed by atoms with E-state index in [0.717, 1.165) is 60.5 Å². The first-order valence-corrected chi connectivity index (χ1v) is 8.65. The van der Waals surface area contributed by atoms with Crippen molar-refractivity contribution in [2.45, 2.75) is 6.54 Å². The fourth-order valence-electron chi connectivity index (χ4n) is 2.71. The van der Waals surface area contributed by atoms with Gasteiger partial charge >= 0.3 is 0 Å². The van der Waals surface area contributed by atoms with E-state index in [1.54, 1.807) is 25.6 Å². The molecule has 0 unspecified atom stereocenters. The van der Waals surface area contributed by atoms with Crippen LogP contribution in [0.2, 0.25) is 0 Å². The number of aromatic nitrogens is 1. The van der Waals surface area contributed by atoms with E-state index in [4.69, 9.17) is 14.5 Å². The van der Waals surface area contributed by atoms with Gasteiger partial charge in [-0.3, -0.25) is 4.90 Å². The van der Waals surface area contributed by atoms with Crippen LogP contribution in [-0.2, 0) is 6.54 Å². The van der Waals surface area contributed by atoms with Gasteiger partial charge in [-0.05, 0) is 19.2 Å². The summed E-state index contributed by atoms with van der Waals surface area (Å²) in [6.07, 6.45) is 0. The molecule has 23 heavy (non-hydrogen) atoms. The minimum atomic E-state index is 0.790. The topological polar surface area (TPSA) is 37.8 Å². The zero-order valence-corrected chi connectivity index (χ0v) is 14.7. The molecule has 1 aliphatic rings. The summed E-state index contributed by atoms with van der Waals surface area (Å²) < 4.78 is 10.7. The Morgan fingerprint density at radius 1 is 1.13 bits per heavy atom. The van der Waals surface area contributed by atoms with Crippen LogP contribution in [0.25, 0.3) is 11.3 Å². The van der Waals surface area contributed by atoms with Crippen LogP contribution >= 0.6 is 11.3 Å². The van der Waals surface area contributed by atoms with E-state index in [-0.39, 0.29) is 0 Å². The highest BCUT2D eigenvalue weighted by Crippen LogP contribution is 2.34. The SMILES string of the molecule is COc1ccc(-c2csc(CN3CCN(C)CC3)n2)c(OC)c1. The number of benzene rings is 1. The van der Waals surface area contributed by atoms with Crippen molar-refractivity contribution in [3.05, 3.63) is 28.6 Å². The van der Waals surface area contributed by atoms with Crippen LogP contribution in [0, 0.1) is 0 Å². The Morgan fingerprint density at radius 3 is 2.61 bits per heavy atom. The summed E-state index contributed by atoms with van der Waals surface area (Å²) in [5.74, 6) is 1.58. The predicted molar refractivity (Wildman–Crippen MR) is 93.4 cm³/mol. The van der Waals surface area contributed by atoms with Gasteiger partial charge in [-0.25, -0.2) is 4.98 Å². The molecule has 2 aromatic rings. The van der Waals surface area contributed by atoms with Crippen molar-refractivity contribution in [3.8, 4) is 22.8 Å². The van der Waals surface area contributed by atoms with Crippen LogP contribution in [0.1, 0.15) is 5.01 Å². The van der Waals surface area contributed by atoms with Crippen molar-refractivity contribution in [1.82, 2.24) is 14.8 Å². The number of hydrogen-bond donors (Lipinski definition) is 0. The number of likely N-dealkylation sites (N-methyl/N-ethyl adjacent to an activating group) is 1. The number of ether oxygens (including phenoxy) is 2. The minimum absolute atomic E-state index is 0.790. The lowest BCUT2D eigenvalue weighted by molar-refractivity contribution is 0.148. The highest BCUT2D eigenvalue weighted by atomic mass is 32.1. The highest BCUT2D eigenvalue weighted by Gasteiger charge is 2.16. The van der Waals surface area contributed by atoms with Crippen LogP contribution in [0.4, 0.5) is 0 Å². The summed E-state index contributed by atoms with van der Waals surface area (Å²) in [6.45, 7) is 5.40. The highest BCUT2D eigenvalue weighted by molar-refractivity contribution is 7.09. The summed E-state index contributed by atoms with van der Waals surface area (Å²) in [4.78, 5) is 9.63. The van der Waals surface area contributed by atoms with Crippen molar-refractivity contribution in [2.24, 2.45) is 0 Å². The van der Waals surface area contributed by atoms with Gasteiger partial charge in [0.15, 0.2) is 0 Å². The van der Waals surface area contributed by atoms with E-state index >= 15 is 0 Å². The predicted octanol–water partition coefficient (Wildman–Crippen LogP) is 2.57. The molecule has 1 aromatic heterocycles. The molecule has 0 radical (unpaired) electrons. The lowest BCUT2D eigenvalue weighted by atomic mass is 10.1. The second-order valence-electron chi connectivity index (χ2n) is 5.77. The van der Waals surface area contributed by atoms with E-state index in [9.17, 15) is 0 Å². The fourth-order valence-corrected chi connectivity index (χ4v) is 3.55. The molecule has 3 rings (SSSR count). The average molecular weight is 333 g/mol. The van der Waals surface area contributed by atoms with Crippen molar-refractivity contribution >= 4 is 11.3 Å². The van der Waals surface area contributed by atoms with Crippen molar-refractivity contribution in [3.63, 3.8) is 0 Å². The maximum absolute atomic E-state index is 5.48. The molecule has 1 aliphatic heterocycles. The zero-order chi connectivity index (χ0) is 16.2.